The highest BCUT2D eigenvalue weighted by molar-refractivity contribution is 6.34. The molecule has 7 heteroatoms. The number of carbonyl (C=O) groups excluding carboxylic acids is 1. The number of ether oxygens (including phenoxy) is 2. The molecule has 0 heterocycles. The van der Waals surface area contributed by atoms with Gasteiger partial charge in [-0.1, -0.05) is 23.2 Å². The van der Waals surface area contributed by atoms with Gasteiger partial charge in [-0.2, -0.15) is 0 Å². The lowest BCUT2D eigenvalue weighted by atomic mass is 10.3. The van der Waals surface area contributed by atoms with Gasteiger partial charge in [0, 0.05) is 37.8 Å². The molecule has 0 radical (unpaired) electrons. The molecule has 0 spiro atoms. The molecule has 0 aromatic heterocycles. The van der Waals surface area contributed by atoms with Gasteiger partial charge in [0.15, 0.2) is 6.61 Å². The number of carbonyl (C=O) groups is 1. The summed E-state index contributed by atoms with van der Waals surface area (Å²) in [5.74, 6) is 0.183. The molecular formula is C13H18Cl2N2O3. The average molecular weight is 321 g/mol. The van der Waals surface area contributed by atoms with E-state index in [0.29, 0.717) is 35.5 Å². The highest BCUT2D eigenvalue weighted by Gasteiger charge is 2.06. The molecule has 0 bridgehead atoms. The molecule has 0 saturated carbocycles. The minimum absolute atomic E-state index is 0.0991. The molecule has 0 saturated heterocycles. The first kappa shape index (κ1) is 17.0. The van der Waals surface area contributed by atoms with Crippen molar-refractivity contribution in [2.24, 2.45) is 0 Å². The lowest BCUT2D eigenvalue weighted by Crippen LogP contribution is -2.35. The Morgan fingerprint density at radius 2 is 2.05 bits per heavy atom. The van der Waals surface area contributed by atoms with Crippen molar-refractivity contribution in [3.05, 3.63) is 28.2 Å². The molecule has 0 aliphatic carbocycles. The van der Waals surface area contributed by atoms with Crippen molar-refractivity contribution in [2.45, 2.75) is 0 Å². The van der Waals surface area contributed by atoms with Crippen molar-refractivity contribution in [3.63, 3.8) is 0 Å². The van der Waals surface area contributed by atoms with Crippen molar-refractivity contribution in [2.75, 3.05) is 40.0 Å². The highest BCUT2D eigenvalue weighted by Crippen LogP contribution is 2.27. The van der Waals surface area contributed by atoms with Gasteiger partial charge >= 0.3 is 0 Å². The zero-order valence-corrected chi connectivity index (χ0v) is 12.8. The van der Waals surface area contributed by atoms with E-state index >= 15 is 0 Å². The number of hydrogen-bond acceptors (Lipinski definition) is 4. The van der Waals surface area contributed by atoms with Crippen molar-refractivity contribution in [1.82, 2.24) is 10.6 Å². The molecule has 1 aromatic rings. The number of rotatable bonds is 9. The van der Waals surface area contributed by atoms with Gasteiger partial charge in [-0.3, -0.25) is 4.79 Å². The summed E-state index contributed by atoms with van der Waals surface area (Å²) in [7, 11) is 1.64. The number of nitrogens with one attached hydrogen (secondary N) is 2. The van der Waals surface area contributed by atoms with Crippen LogP contribution >= 0.6 is 23.2 Å². The second kappa shape index (κ2) is 9.83. The Morgan fingerprint density at radius 3 is 2.80 bits per heavy atom. The van der Waals surface area contributed by atoms with Gasteiger partial charge < -0.3 is 20.1 Å². The Bertz CT molecular complexity index is 430. The van der Waals surface area contributed by atoms with Crippen LogP contribution in [0.5, 0.6) is 5.75 Å². The average Bonchev–Trinajstić information content (AvgIpc) is 2.43. The molecule has 5 nitrogen and oxygen atoms in total. The summed E-state index contributed by atoms with van der Waals surface area (Å²) < 4.78 is 10.2. The molecule has 112 valence electrons. The number of benzene rings is 1. The van der Waals surface area contributed by atoms with Crippen LogP contribution < -0.4 is 15.4 Å². The number of methoxy groups -OCH3 is 1. The SMILES string of the molecule is COCCNCCNC(=O)COc1cc(Cl)ccc1Cl. The van der Waals surface area contributed by atoms with Crippen LogP contribution in [0.15, 0.2) is 18.2 Å². The molecular weight excluding hydrogens is 303 g/mol. The van der Waals surface area contributed by atoms with Crippen LogP contribution in [-0.4, -0.2) is 45.9 Å². The number of halogens is 2. The van der Waals surface area contributed by atoms with E-state index in [4.69, 9.17) is 32.7 Å². The summed E-state index contributed by atoms with van der Waals surface area (Å²) in [4.78, 5) is 11.5. The third-order valence-corrected chi connectivity index (χ3v) is 2.91. The largest absolute Gasteiger partial charge is 0.482 e. The maximum Gasteiger partial charge on any atom is 0.257 e. The molecule has 1 aromatic carbocycles. The van der Waals surface area contributed by atoms with Crippen molar-refractivity contribution >= 4 is 29.1 Å². The minimum atomic E-state index is -0.213. The van der Waals surface area contributed by atoms with Crippen LogP contribution in [-0.2, 0) is 9.53 Å². The van der Waals surface area contributed by atoms with E-state index in [9.17, 15) is 4.79 Å². The third kappa shape index (κ3) is 6.96. The quantitative estimate of drug-likeness (QED) is 0.680. The van der Waals surface area contributed by atoms with Gasteiger partial charge in [0.05, 0.1) is 11.6 Å². The van der Waals surface area contributed by atoms with Gasteiger partial charge in [-0.25, -0.2) is 0 Å². The van der Waals surface area contributed by atoms with Gasteiger partial charge in [0.1, 0.15) is 5.75 Å². The van der Waals surface area contributed by atoms with Crippen LogP contribution in [0.3, 0.4) is 0 Å². The van der Waals surface area contributed by atoms with Gasteiger partial charge in [-0.05, 0) is 12.1 Å². The van der Waals surface area contributed by atoms with E-state index < -0.39 is 0 Å². The Labute approximate surface area is 128 Å². The molecule has 1 rings (SSSR count). The van der Waals surface area contributed by atoms with E-state index in [1.54, 1.807) is 25.3 Å². The van der Waals surface area contributed by atoms with E-state index in [1.165, 1.54) is 0 Å². The smallest absolute Gasteiger partial charge is 0.257 e. The monoisotopic (exact) mass is 320 g/mol. The maximum absolute atomic E-state index is 11.5. The van der Waals surface area contributed by atoms with Crippen molar-refractivity contribution in [3.8, 4) is 5.75 Å². The normalized spacial score (nSPS) is 10.3. The maximum atomic E-state index is 11.5. The lowest BCUT2D eigenvalue weighted by molar-refractivity contribution is -0.123. The Morgan fingerprint density at radius 1 is 1.25 bits per heavy atom. The fraction of sp³-hybridized carbons (Fsp3) is 0.462. The summed E-state index contributed by atoms with van der Waals surface area (Å²) in [5, 5.41) is 6.76. The van der Waals surface area contributed by atoms with E-state index in [2.05, 4.69) is 10.6 Å². The zero-order valence-electron chi connectivity index (χ0n) is 11.2. The minimum Gasteiger partial charge on any atom is -0.482 e. The number of hydrogen-bond donors (Lipinski definition) is 2. The van der Waals surface area contributed by atoms with Gasteiger partial charge in [0.2, 0.25) is 0 Å². The van der Waals surface area contributed by atoms with E-state index in [0.717, 1.165) is 6.54 Å². The van der Waals surface area contributed by atoms with Crippen LogP contribution in [0.1, 0.15) is 0 Å². The highest BCUT2D eigenvalue weighted by atomic mass is 35.5. The van der Waals surface area contributed by atoms with Crippen LogP contribution in [0.25, 0.3) is 0 Å². The zero-order chi connectivity index (χ0) is 14.8. The van der Waals surface area contributed by atoms with Crippen LogP contribution in [0, 0.1) is 0 Å². The second-order valence-corrected chi connectivity index (χ2v) is 4.80. The molecule has 0 atom stereocenters. The first-order valence-electron chi connectivity index (χ1n) is 6.17. The topological polar surface area (TPSA) is 59.6 Å². The van der Waals surface area contributed by atoms with Crippen LogP contribution in [0.4, 0.5) is 0 Å². The Balaban J connectivity index is 2.18. The molecule has 0 aliphatic heterocycles. The van der Waals surface area contributed by atoms with Crippen molar-refractivity contribution in [1.29, 1.82) is 0 Å². The van der Waals surface area contributed by atoms with E-state index in [-0.39, 0.29) is 12.5 Å². The number of amides is 1. The van der Waals surface area contributed by atoms with Crippen molar-refractivity contribution < 1.29 is 14.3 Å². The molecule has 2 N–H and O–H groups in total. The molecule has 0 fully saturated rings. The Kier molecular flexibility index (Phi) is 8.37. The summed E-state index contributed by atoms with van der Waals surface area (Å²) in [5.41, 5.74) is 0. The molecule has 0 unspecified atom stereocenters. The summed E-state index contributed by atoms with van der Waals surface area (Å²) in [6.45, 7) is 2.49. The lowest BCUT2D eigenvalue weighted by Gasteiger charge is -2.09. The standard InChI is InChI=1S/C13H18Cl2N2O3/c1-19-7-6-16-4-5-17-13(18)9-20-12-8-10(14)2-3-11(12)15/h2-3,8,16H,4-7,9H2,1H3,(H,17,18). The predicted octanol–water partition coefficient (Wildman–Crippen LogP) is 1.72. The van der Waals surface area contributed by atoms with Crippen LogP contribution in [0.2, 0.25) is 10.0 Å². The fourth-order valence-electron chi connectivity index (χ4n) is 1.37. The second-order valence-electron chi connectivity index (χ2n) is 3.96. The molecule has 1 amide bonds. The predicted molar refractivity (Wildman–Crippen MR) is 79.7 cm³/mol. The summed E-state index contributed by atoms with van der Waals surface area (Å²) >= 11 is 11.7. The third-order valence-electron chi connectivity index (χ3n) is 2.36. The first-order chi connectivity index (χ1) is 9.63. The first-order valence-corrected chi connectivity index (χ1v) is 6.93. The molecule has 20 heavy (non-hydrogen) atoms. The summed E-state index contributed by atoms with van der Waals surface area (Å²) in [6, 6.07) is 4.85. The van der Waals surface area contributed by atoms with Gasteiger partial charge in [-0.15, -0.1) is 0 Å². The molecule has 0 aliphatic rings. The van der Waals surface area contributed by atoms with E-state index in [1.807, 2.05) is 0 Å². The fourth-order valence-corrected chi connectivity index (χ4v) is 1.71. The van der Waals surface area contributed by atoms with Gasteiger partial charge in [0.25, 0.3) is 5.91 Å². The summed E-state index contributed by atoms with van der Waals surface area (Å²) in [6.07, 6.45) is 0. The Hall–Kier alpha value is -1.01.